The van der Waals surface area contributed by atoms with Crippen LogP contribution in [0.3, 0.4) is 0 Å². The summed E-state index contributed by atoms with van der Waals surface area (Å²) in [5.74, 6) is 1.51. The number of carbonyl (C=O) groups is 1. The highest BCUT2D eigenvalue weighted by Gasteiger charge is 2.51. The Kier molecular flexibility index (Phi) is 7.52. The number of nitrogens with two attached hydrogens (primary N) is 1. The van der Waals surface area contributed by atoms with E-state index >= 15 is 0 Å². The second-order valence-electron chi connectivity index (χ2n) is 10.1. The molecule has 0 spiro atoms. The third kappa shape index (κ3) is 5.48. The van der Waals surface area contributed by atoms with E-state index in [1.54, 1.807) is 5.57 Å². The molecule has 1 saturated carbocycles. The molecule has 0 aromatic heterocycles. The van der Waals surface area contributed by atoms with E-state index in [9.17, 15) is 4.79 Å². The SMILES string of the molecule is CC1=CC[C@@H]2C(C)(C)CCC[C@]2(C)[C@H]1CC/C(C)=C\CC/C(C)=N\NC(N)=O. The van der Waals surface area contributed by atoms with Gasteiger partial charge in [0.05, 0.1) is 0 Å². The fourth-order valence-corrected chi connectivity index (χ4v) is 5.90. The van der Waals surface area contributed by atoms with Gasteiger partial charge in [-0.05, 0) is 88.4 Å². The van der Waals surface area contributed by atoms with Gasteiger partial charge in [-0.3, -0.25) is 0 Å². The summed E-state index contributed by atoms with van der Waals surface area (Å²) in [4.78, 5) is 10.7. The number of primary amides is 1. The molecule has 4 heteroatoms. The molecule has 3 N–H and O–H groups in total. The molecule has 4 nitrogen and oxygen atoms in total. The number of hydrogen-bond donors (Lipinski definition) is 2. The van der Waals surface area contributed by atoms with Crippen LogP contribution in [-0.2, 0) is 0 Å². The lowest BCUT2D eigenvalue weighted by Gasteiger charge is -2.57. The van der Waals surface area contributed by atoms with Crippen LogP contribution < -0.4 is 11.2 Å². The lowest BCUT2D eigenvalue weighted by atomic mass is 9.48. The van der Waals surface area contributed by atoms with Gasteiger partial charge in [0.2, 0.25) is 0 Å². The predicted octanol–water partition coefficient (Wildman–Crippen LogP) is 6.34. The van der Waals surface area contributed by atoms with E-state index < -0.39 is 6.03 Å². The van der Waals surface area contributed by atoms with Crippen LogP contribution in [0.5, 0.6) is 0 Å². The van der Waals surface area contributed by atoms with Gasteiger partial charge in [-0.2, -0.15) is 5.10 Å². The van der Waals surface area contributed by atoms with Gasteiger partial charge in [0, 0.05) is 5.71 Å². The number of hydrazone groups is 1. The lowest BCUT2D eigenvalue weighted by molar-refractivity contribution is -0.0390. The normalized spacial score (nSPS) is 30.4. The molecule has 0 bridgehead atoms. The van der Waals surface area contributed by atoms with E-state index in [1.807, 2.05) is 6.92 Å². The van der Waals surface area contributed by atoms with Gasteiger partial charge in [-0.1, -0.05) is 50.5 Å². The number of fused-ring (bicyclic) bond motifs is 1. The average Bonchev–Trinajstić information content (AvgIpc) is 2.58. The van der Waals surface area contributed by atoms with Crippen molar-refractivity contribution in [2.75, 3.05) is 0 Å². The van der Waals surface area contributed by atoms with Crippen molar-refractivity contribution in [2.24, 2.45) is 33.5 Å². The first-order chi connectivity index (χ1) is 13.1. The number of amides is 2. The quantitative estimate of drug-likeness (QED) is 0.299. The third-order valence-corrected chi connectivity index (χ3v) is 7.48. The molecule has 1 fully saturated rings. The van der Waals surface area contributed by atoms with E-state index in [0.29, 0.717) is 16.7 Å². The number of rotatable bonds is 7. The van der Waals surface area contributed by atoms with Gasteiger partial charge in [0.1, 0.15) is 0 Å². The second kappa shape index (κ2) is 9.28. The van der Waals surface area contributed by atoms with Gasteiger partial charge < -0.3 is 5.73 Å². The van der Waals surface area contributed by atoms with Crippen LogP contribution in [0.25, 0.3) is 0 Å². The standard InChI is InChI=1S/C24H41N3O/c1-17(9-7-10-19(3)26-27-22(25)28)11-13-20-18(2)12-14-21-23(4,5)15-8-16-24(20,21)6/h9,12,20-21H,7-8,10-11,13-16H2,1-6H3,(H3,25,27,28)/b17-9-,26-19-/t20-,21+,24+/m0/s1. The molecule has 3 atom stereocenters. The Balaban J connectivity index is 1.95. The molecule has 2 aliphatic carbocycles. The minimum atomic E-state index is -0.611. The smallest absolute Gasteiger partial charge is 0.332 e. The van der Waals surface area contributed by atoms with Gasteiger partial charge >= 0.3 is 6.03 Å². The van der Waals surface area contributed by atoms with Crippen LogP contribution in [0.4, 0.5) is 4.79 Å². The molecule has 2 aliphatic rings. The number of hydrogen-bond acceptors (Lipinski definition) is 2. The molecule has 0 saturated heterocycles. The van der Waals surface area contributed by atoms with Crippen molar-refractivity contribution in [3.63, 3.8) is 0 Å². The largest absolute Gasteiger partial charge is 0.350 e. The van der Waals surface area contributed by atoms with Gasteiger partial charge in [-0.25, -0.2) is 10.2 Å². The molecule has 0 heterocycles. The van der Waals surface area contributed by atoms with E-state index in [4.69, 9.17) is 5.73 Å². The molecule has 0 aliphatic heterocycles. The summed E-state index contributed by atoms with van der Waals surface area (Å²) >= 11 is 0. The van der Waals surface area contributed by atoms with E-state index in [-0.39, 0.29) is 0 Å². The molecule has 0 unspecified atom stereocenters. The Morgan fingerprint density at radius 2 is 2.00 bits per heavy atom. The molecular weight excluding hydrogens is 346 g/mol. The maximum absolute atomic E-state index is 10.7. The van der Waals surface area contributed by atoms with Crippen molar-refractivity contribution in [1.82, 2.24) is 5.43 Å². The molecule has 158 valence electrons. The van der Waals surface area contributed by atoms with Gasteiger partial charge in [0.15, 0.2) is 0 Å². The highest BCUT2D eigenvalue weighted by atomic mass is 16.2. The second-order valence-corrected chi connectivity index (χ2v) is 10.1. The fourth-order valence-electron chi connectivity index (χ4n) is 5.90. The van der Waals surface area contributed by atoms with Crippen LogP contribution in [0.15, 0.2) is 28.4 Å². The zero-order chi connectivity index (χ0) is 20.9. The third-order valence-electron chi connectivity index (χ3n) is 7.48. The lowest BCUT2D eigenvalue weighted by Crippen LogP contribution is -2.48. The Hall–Kier alpha value is -1.58. The topological polar surface area (TPSA) is 67.5 Å². The molecule has 0 radical (unpaired) electrons. The Morgan fingerprint density at radius 1 is 1.29 bits per heavy atom. The molecule has 2 rings (SSSR count). The maximum Gasteiger partial charge on any atom is 0.332 e. The van der Waals surface area contributed by atoms with E-state index in [0.717, 1.165) is 30.9 Å². The minimum Gasteiger partial charge on any atom is -0.350 e. The zero-order valence-electron chi connectivity index (χ0n) is 18.9. The Labute approximate surface area is 172 Å². The summed E-state index contributed by atoms with van der Waals surface area (Å²) in [5, 5.41) is 3.97. The van der Waals surface area contributed by atoms with Crippen LogP contribution in [-0.4, -0.2) is 11.7 Å². The summed E-state index contributed by atoms with van der Waals surface area (Å²) in [6.07, 6.45) is 14.5. The average molecular weight is 388 g/mol. The maximum atomic E-state index is 10.7. The number of nitrogens with one attached hydrogen (secondary N) is 1. The van der Waals surface area contributed by atoms with Crippen LogP contribution in [0, 0.1) is 22.7 Å². The van der Waals surface area contributed by atoms with Gasteiger partial charge in [-0.15, -0.1) is 0 Å². The highest BCUT2D eigenvalue weighted by Crippen LogP contribution is 2.60. The first-order valence-electron chi connectivity index (χ1n) is 11.0. The summed E-state index contributed by atoms with van der Waals surface area (Å²) in [5.41, 5.74) is 12.2. The summed E-state index contributed by atoms with van der Waals surface area (Å²) in [6, 6.07) is -0.611. The predicted molar refractivity (Wildman–Crippen MR) is 119 cm³/mol. The first-order valence-corrected chi connectivity index (χ1v) is 11.0. The molecule has 0 aromatic rings. The Morgan fingerprint density at radius 3 is 2.68 bits per heavy atom. The zero-order valence-corrected chi connectivity index (χ0v) is 18.9. The van der Waals surface area contributed by atoms with Crippen molar-refractivity contribution >= 4 is 11.7 Å². The van der Waals surface area contributed by atoms with Crippen molar-refractivity contribution in [2.45, 2.75) is 92.9 Å². The Bertz CT molecular complexity index is 659. The van der Waals surface area contributed by atoms with Crippen LogP contribution >= 0.6 is 0 Å². The number of urea groups is 1. The summed E-state index contributed by atoms with van der Waals surface area (Å²) < 4.78 is 0. The monoisotopic (exact) mass is 387 g/mol. The van der Waals surface area contributed by atoms with Crippen molar-refractivity contribution in [3.05, 3.63) is 23.3 Å². The molecule has 28 heavy (non-hydrogen) atoms. The summed E-state index contributed by atoms with van der Waals surface area (Å²) in [7, 11) is 0. The van der Waals surface area contributed by atoms with Gasteiger partial charge in [0.25, 0.3) is 0 Å². The van der Waals surface area contributed by atoms with Crippen molar-refractivity contribution in [1.29, 1.82) is 0 Å². The molecule has 2 amide bonds. The van der Waals surface area contributed by atoms with E-state index in [2.05, 4.69) is 57.3 Å². The molecular formula is C24H41N3O. The number of carbonyl (C=O) groups excluding carboxylic acids is 1. The van der Waals surface area contributed by atoms with E-state index in [1.165, 1.54) is 37.7 Å². The minimum absolute atomic E-state index is 0.449. The van der Waals surface area contributed by atoms with Crippen molar-refractivity contribution in [3.8, 4) is 0 Å². The van der Waals surface area contributed by atoms with Crippen LogP contribution in [0.1, 0.15) is 92.9 Å². The highest BCUT2D eigenvalue weighted by molar-refractivity contribution is 5.83. The number of nitrogens with zero attached hydrogens (tertiary/aromatic N) is 1. The first kappa shape index (κ1) is 22.7. The fraction of sp³-hybridized carbons (Fsp3) is 0.750. The molecule has 0 aromatic carbocycles. The number of allylic oxidation sites excluding steroid dienone is 4. The van der Waals surface area contributed by atoms with Crippen LogP contribution in [0.2, 0.25) is 0 Å². The summed E-state index contributed by atoms with van der Waals surface area (Å²) in [6.45, 7) is 14.1. The van der Waals surface area contributed by atoms with Crippen molar-refractivity contribution < 1.29 is 4.79 Å².